The van der Waals surface area contributed by atoms with E-state index in [1.165, 1.54) is 0 Å². The van der Waals surface area contributed by atoms with Crippen LogP contribution in [0.15, 0.2) is 53.1 Å². The second-order valence-electron chi connectivity index (χ2n) is 8.21. The molecular formula is C26H27N7O2. The van der Waals surface area contributed by atoms with Crippen molar-refractivity contribution in [3.63, 3.8) is 0 Å². The molecule has 1 fully saturated rings. The molecule has 1 aliphatic carbocycles. The normalized spacial score (nSPS) is 14.7. The Kier molecular flexibility index (Phi) is 8.08. The number of amides is 1. The van der Waals surface area contributed by atoms with E-state index in [4.69, 9.17) is 4.74 Å². The number of nitriles is 2. The van der Waals surface area contributed by atoms with Gasteiger partial charge in [0.05, 0.1) is 41.2 Å². The van der Waals surface area contributed by atoms with Gasteiger partial charge in [-0.1, -0.05) is 0 Å². The van der Waals surface area contributed by atoms with Crippen LogP contribution in [-0.2, 0) is 10.2 Å². The molecule has 9 heteroatoms. The second-order valence-corrected chi connectivity index (χ2v) is 8.21. The van der Waals surface area contributed by atoms with E-state index in [0.29, 0.717) is 41.5 Å². The fourth-order valence-corrected chi connectivity index (χ4v) is 3.54. The Hall–Kier alpha value is -4.34. The van der Waals surface area contributed by atoms with E-state index >= 15 is 0 Å². The molecule has 178 valence electrons. The van der Waals surface area contributed by atoms with Gasteiger partial charge in [-0.2, -0.15) is 10.5 Å². The van der Waals surface area contributed by atoms with Crippen LogP contribution in [0.3, 0.4) is 0 Å². The number of anilines is 1. The highest BCUT2D eigenvalue weighted by Gasteiger charge is 2.46. The summed E-state index contributed by atoms with van der Waals surface area (Å²) in [5.41, 5.74) is 3.58. The predicted octanol–water partition coefficient (Wildman–Crippen LogP) is 3.67. The molecule has 1 aliphatic rings. The average molecular weight is 470 g/mol. The van der Waals surface area contributed by atoms with Gasteiger partial charge in [0, 0.05) is 36.7 Å². The Balaban J connectivity index is 1.84. The molecule has 0 spiro atoms. The molecule has 2 aromatic heterocycles. The minimum absolute atomic E-state index is 0.318. The van der Waals surface area contributed by atoms with Crippen molar-refractivity contribution < 1.29 is 9.53 Å². The van der Waals surface area contributed by atoms with E-state index in [9.17, 15) is 15.3 Å². The third kappa shape index (κ3) is 5.97. The minimum Gasteiger partial charge on any atom is -0.383 e. The Labute approximate surface area is 204 Å². The highest BCUT2D eigenvalue weighted by Crippen LogP contribution is 2.46. The Morgan fingerprint density at radius 3 is 2.74 bits per heavy atom. The molecule has 2 heterocycles. The lowest BCUT2D eigenvalue weighted by Gasteiger charge is -2.12. The van der Waals surface area contributed by atoms with Gasteiger partial charge in [0.15, 0.2) is 0 Å². The van der Waals surface area contributed by atoms with Gasteiger partial charge in [0.1, 0.15) is 11.9 Å². The molecular weight excluding hydrogens is 442 g/mol. The maximum absolute atomic E-state index is 12.9. The molecule has 1 amide bonds. The number of aryl methyl sites for hydroxylation is 1. The average Bonchev–Trinajstić information content (AvgIpc) is 3.68. The summed E-state index contributed by atoms with van der Waals surface area (Å²) in [6, 6.07) is 9.53. The number of nitrogens with zero attached hydrogens (tertiary/aromatic N) is 5. The van der Waals surface area contributed by atoms with Gasteiger partial charge in [-0.05, 0) is 63.3 Å². The van der Waals surface area contributed by atoms with E-state index in [0.717, 1.165) is 29.7 Å². The van der Waals surface area contributed by atoms with Crippen LogP contribution in [-0.4, -0.2) is 42.9 Å². The van der Waals surface area contributed by atoms with E-state index in [-0.39, 0.29) is 5.91 Å². The number of methoxy groups -OCH3 is 1. The number of nitrogens with one attached hydrogen (secondary N) is 2. The Morgan fingerprint density at radius 1 is 1.34 bits per heavy atom. The van der Waals surface area contributed by atoms with Crippen LogP contribution in [0.2, 0.25) is 0 Å². The summed E-state index contributed by atoms with van der Waals surface area (Å²) in [4.78, 5) is 25.5. The van der Waals surface area contributed by atoms with Crippen LogP contribution in [0.25, 0.3) is 5.57 Å². The van der Waals surface area contributed by atoms with Gasteiger partial charge in [-0.25, -0.2) is 4.99 Å². The number of pyridine rings is 2. The van der Waals surface area contributed by atoms with Crippen molar-refractivity contribution in [1.82, 2.24) is 15.3 Å². The molecule has 0 aliphatic heterocycles. The summed E-state index contributed by atoms with van der Waals surface area (Å²) >= 11 is 0. The van der Waals surface area contributed by atoms with Crippen LogP contribution in [0.4, 0.5) is 5.69 Å². The lowest BCUT2D eigenvalue weighted by Crippen LogP contribution is -2.18. The molecule has 0 atom stereocenters. The molecule has 3 rings (SSSR count). The first kappa shape index (κ1) is 25.3. The number of rotatable bonds is 10. The maximum atomic E-state index is 12.9. The zero-order chi connectivity index (χ0) is 25.4. The van der Waals surface area contributed by atoms with Gasteiger partial charge >= 0.3 is 0 Å². The maximum Gasteiger partial charge on any atom is 0.255 e. The van der Waals surface area contributed by atoms with Crippen LogP contribution in [0.5, 0.6) is 0 Å². The first-order valence-electron chi connectivity index (χ1n) is 11.1. The van der Waals surface area contributed by atoms with Gasteiger partial charge in [-0.3, -0.25) is 14.8 Å². The highest BCUT2D eigenvalue weighted by atomic mass is 16.5. The summed E-state index contributed by atoms with van der Waals surface area (Å²) in [6.07, 6.45) is 6.33. The van der Waals surface area contributed by atoms with Crippen molar-refractivity contribution in [3.05, 3.63) is 70.6 Å². The molecule has 0 radical (unpaired) electrons. The first-order valence-corrected chi connectivity index (χ1v) is 11.1. The molecule has 35 heavy (non-hydrogen) atoms. The third-order valence-electron chi connectivity index (χ3n) is 5.74. The van der Waals surface area contributed by atoms with Crippen LogP contribution < -0.4 is 10.6 Å². The summed E-state index contributed by atoms with van der Waals surface area (Å²) in [5.74, 6) is 0.0389. The number of aromatic nitrogens is 2. The molecule has 2 aromatic rings. The summed E-state index contributed by atoms with van der Waals surface area (Å²) in [7, 11) is 1.59. The number of allylic oxidation sites excluding steroid dienone is 3. The van der Waals surface area contributed by atoms with Crippen molar-refractivity contribution >= 4 is 23.9 Å². The zero-order valence-electron chi connectivity index (χ0n) is 20.1. The third-order valence-corrected chi connectivity index (χ3v) is 5.74. The number of hydrogen-bond donors (Lipinski definition) is 2. The van der Waals surface area contributed by atoms with E-state index in [2.05, 4.69) is 44.4 Å². The number of carbonyl (C=O) groups is 1. The van der Waals surface area contributed by atoms with E-state index < -0.39 is 5.41 Å². The molecule has 0 unspecified atom stereocenters. The minimum atomic E-state index is -0.569. The van der Waals surface area contributed by atoms with Crippen LogP contribution in [0, 0.1) is 29.6 Å². The molecule has 1 saturated carbocycles. The van der Waals surface area contributed by atoms with Gasteiger partial charge in [0.25, 0.3) is 5.91 Å². The molecule has 0 aromatic carbocycles. The van der Waals surface area contributed by atoms with Crippen molar-refractivity contribution in [2.24, 2.45) is 4.99 Å². The largest absolute Gasteiger partial charge is 0.383 e. The van der Waals surface area contributed by atoms with Crippen molar-refractivity contribution in [1.29, 1.82) is 10.5 Å². The van der Waals surface area contributed by atoms with E-state index in [1.807, 2.05) is 13.8 Å². The lowest BCUT2D eigenvalue weighted by molar-refractivity contribution is 0.102. The zero-order valence-corrected chi connectivity index (χ0v) is 20.1. The highest BCUT2D eigenvalue weighted by molar-refractivity contribution is 6.04. The summed E-state index contributed by atoms with van der Waals surface area (Å²) < 4.78 is 5.02. The molecule has 9 nitrogen and oxygen atoms in total. The van der Waals surface area contributed by atoms with Crippen LogP contribution >= 0.6 is 0 Å². The standard InChI is InChI=1S/C26H27N7O2/c1-17(11-20(14-27)24(29-3)31-9-10-35-4)22-13-21(15-32-18(22)2)33-25(34)19-5-8-30-23(12-19)26(16-28)6-7-26/h5,8,11-13,15,31H,3,6-7,9-10H2,1-2,4H3,(H,33,34)/b17-11+,24-20-. The second kappa shape index (κ2) is 11.2. The summed E-state index contributed by atoms with van der Waals surface area (Å²) in [5, 5.41) is 25.0. The fourth-order valence-electron chi connectivity index (χ4n) is 3.54. The van der Waals surface area contributed by atoms with Crippen molar-refractivity contribution in [2.75, 3.05) is 25.6 Å². The molecule has 0 saturated heterocycles. The van der Waals surface area contributed by atoms with Crippen LogP contribution in [0.1, 0.15) is 47.1 Å². The monoisotopic (exact) mass is 469 g/mol. The first-order chi connectivity index (χ1) is 16.9. The van der Waals surface area contributed by atoms with Gasteiger partial charge in [0.2, 0.25) is 0 Å². The number of hydrogen-bond acceptors (Lipinski definition) is 8. The Bertz CT molecular complexity index is 1280. The predicted molar refractivity (Wildman–Crippen MR) is 133 cm³/mol. The Morgan fingerprint density at radius 2 is 2.11 bits per heavy atom. The number of aliphatic imine (C=N–C) groups is 1. The SMILES string of the molecule is C=N/C(NCCOC)=C(C#N)\C=C(/C)c1cc(NC(=O)c2ccnc(C3(C#N)CC3)c2)cnc1C. The number of ether oxygens (including phenoxy) is 1. The van der Waals surface area contributed by atoms with Crippen molar-refractivity contribution in [3.8, 4) is 12.1 Å². The van der Waals surface area contributed by atoms with Gasteiger partial charge in [-0.15, -0.1) is 0 Å². The van der Waals surface area contributed by atoms with Gasteiger partial charge < -0.3 is 15.4 Å². The van der Waals surface area contributed by atoms with Crippen molar-refractivity contribution in [2.45, 2.75) is 32.1 Å². The smallest absolute Gasteiger partial charge is 0.255 e. The lowest BCUT2D eigenvalue weighted by atomic mass is 10.0. The summed E-state index contributed by atoms with van der Waals surface area (Å²) in [6.45, 7) is 8.19. The fraction of sp³-hybridized carbons (Fsp3) is 0.308. The molecule has 2 N–H and O–H groups in total. The topological polar surface area (TPSA) is 136 Å². The molecule has 0 bridgehead atoms. The number of carbonyl (C=O) groups excluding carboxylic acids is 1. The quantitative estimate of drug-likeness (QED) is 0.234. The van der Waals surface area contributed by atoms with E-state index in [1.54, 1.807) is 43.8 Å².